The first kappa shape index (κ1) is 12.3. The number of benzene rings is 2. The summed E-state index contributed by atoms with van der Waals surface area (Å²) >= 11 is 0. The summed E-state index contributed by atoms with van der Waals surface area (Å²) in [5.41, 5.74) is 3.79. The van der Waals surface area contributed by atoms with Gasteiger partial charge in [-0.15, -0.1) is 0 Å². The molecule has 0 aliphatic heterocycles. The molecule has 2 rings (SSSR count). The van der Waals surface area contributed by atoms with Crippen LogP contribution in [-0.4, -0.2) is 6.21 Å². The van der Waals surface area contributed by atoms with Gasteiger partial charge < -0.3 is 0 Å². The van der Waals surface area contributed by atoms with Crippen LogP contribution in [0.15, 0.2) is 71.9 Å². The Hall–Kier alpha value is -2.15. The highest BCUT2D eigenvalue weighted by Gasteiger charge is 1.96. The van der Waals surface area contributed by atoms with Crippen LogP contribution in [0.25, 0.3) is 11.1 Å². The van der Waals surface area contributed by atoms with Gasteiger partial charge in [-0.05, 0) is 23.6 Å². The van der Waals surface area contributed by atoms with Crippen LogP contribution in [0, 0.1) is 0 Å². The minimum atomic E-state index is 0.874. The van der Waals surface area contributed by atoms with Crippen molar-refractivity contribution in [1.82, 2.24) is 0 Å². The third-order valence-electron chi connectivity index (χ3n) is 2.73. The van der Waals surface area contributed by atoms with Crippen LogP contribution < -0.4 is 0 Å². The first-order chi connectivity index (χ1) is 8.90. The summed E-state index contributed by atoms with van der Waals surface area (Å²) in [5.74, 6) is 0. The SMILES string of the molecule is C/C=C\N=CCc1ccc(-c2ccccc2)cc1. The number of hydrogen-bond acceptors (Lipinski definition) is 1. The molecule has 0 aromatic heterocycles. The molecule has 0 saturated heterocycles. The zero-order chi connectivity index (χ0) is 12.6. The summed E-state index contributed by atoms with van der Waals surface area (Å²) in [6.45, 7) is 1.96. The van der Waals surface area contributed by atoms with E-state index in [-0.39, 0.29) is 0 Å². The highest BCUT2D eigenvalue weighted by atomic mass is 14.7. The molecule has 90 valence electrons. The summed E-state index contributed by atoms with van der Waals surface area (Å²) in [6.07, 6.45) is 6.53. The van der Waals surface area contributed by atoms with Crippen molar-refractivity contribution in [3.05, 3.63) is 72.4 Å². The zero-order valence-corrected chi connectivity index (χ0v) is 10.6. The predicted molar refractivity (Wildman–Crippen MR) is 78.9 cm³/mol. The van der Waals surface area contributed by atoms with E-state index in [0.717, 1.165) is 6.42 Å². The van der Waals surface area contributed by atoms with Gasteiger partial charge in [-0.3, -0.25) is 4.99 Å². The molecule has 0 fully saturated rings. The molecule has 2 aromatic carbocycles. The van der Waals surface area contributed by atoms with Crippen molar-refractivity contribution in [1.29, 1.82) is 0 Å². The fourth-order valence-electron chi connectivity index (χ4n) is 1.77. The molecule has 0 spiro atoms. The Morgan fingerprint density at radius 1 is 0.889 bits per heavy atom. The van der Waals surface area contributed by atoms with Gasteiger partial charge in [0.1, 0.15) is 0 Å². The van der Waals surface area contributed by atoms with Crippen molar-refractivity contribution in [2.75, 3.05) is 0 Å². The number of hydrogen-bond donors (Lipinski definition) is 0. The van der Waals surface area contributed by atoms with Crippen LogP contribution in [0.1, 0.15) is 12.5 Å². The van der Waals surface area contributed by atoms with Gasteiger partial charge >= 0.3 is 0 Å². The Morgan fingerprint density at radius 2 is 1.56 bits per heavy atom. The molecule has 0 bridgehead atoms. The largest absolute Gasteiger partial charge is 0.269 e. The normalized spacial score (nSPS) is 11.4. The van der Waals surface area contributed by atoms with Gasteiger partial charge in [-0.1, -0.05) is 60.7 Å². The molecule has 0 radical (unpaired) electrons. The van der Waals surface area contributed by atoms with Crippen molar-refractivity contribution in [2.45, 2.75) is 13.3 Å². The van der Waals surface area contributed by atoms with Gasteiger partial charge in [0.25, 0.3) is 0 Å². The summed E-state index contributed by atoms with van der Waals surface area (Å²) in [6, 6.07) is 19.1. The van der Waals surface area contributed by atoms with Crippen LogP contribution in [0.4, 0.5) is 0 Å². The minimum absolute atomic E-state index is 0.874. The molecule has 0 aliphatic carbocycles. The van der Waals surface area contributed by atoms with E-state index in [1.54, 1.807) is 6.20 Å². The number of nitrogens with zero attached hydrogens (tertiary/aromatic N) is 1. The third kappa shape index (κ3) is 3.42. The first-order valence-corrected chi connectivity index (χ1v) is 6.17. The molecular formula is C17H17N. The van der Waals surface area contributed by atoms with Crippen LogP contribution >= 0.6 is 0 Å². The Morgan fingerprint density at radius 3 is 2.22 bits per heavy atom. The Bertz CT molecular complexity index is 521. The number of rotatable bonds is 4. The summed E-state index contributed by atoms with van der Waals surface area (Å²) in [5, 5.41) is 0. The maximum Gasteiger partial charge on any atom is 0.0221 e. The lowest BCUT2D eigenvalue weighted by Gasteiger charge is -2.02. The standard InChI is InChI=1S/C17H17N/c1-2-13-18-14-12-15-8-10-17(11-9-15)16-6-4-3-5-7-16/h2-11,13-14H,12H2,1H3/b13-2-,18-14?. The molecule has 1 nitrogen and oxygen atoms in total. The van der Waals surface area contributed by atoms with Crippen molar-refractivity contribution >= 4 is 6.21 Å². The zero-order valence-electron chi connectivity index (χ0n) is 10.6. The van der Waals surface area contributed by atoms with Crippen molar-refractivity contribution in [3.8, 4) is 11.1 Å². The molecule has 0 unspecified atom stereocenters. The maximum atomic E-state index is 4.16. The average Bonchev–Trinajstić information content (AvgIpc) is 2.45. The van der Waals surface area contributed by atoms with Gasteiger partial charge in [0.2, 0.25) is 0 Å². The fourth-order valence-corrected chi connectivity index (χ4v) is 1.77. The second-order valence-corrected chi connectivity index (χ2v) is 4.08. The van der Waals surface area contributed by atoms with Gasteiger partial charge in [0, 0.05) is 18.8 Å². The first-order valence-electron chi connectivity index (χ1n) is 6.17. The van der Waals surface area contributed by atoms with Gasteiger partial charge in [-0.25, -0.2) is 0 Å². The van der Waals surface area contributed by atoms with Crippen LogP contribution in [0.5, 0.6) is 0 Å². The molecule has 0 aliphatic rings. The predicted octanol–water partition coefficient (Wildman–Crippen LogP) is 4.50. The van der Waals surface area contributed by atoms with Gasteiger partial charge in [0.05, 0.1) is 0 Å². The second-order valence-electron chi connectivity index (χ2n) is 4.08. The average molecular weight is 235 g/mol. The highest BCUT2D eigenvalue weighted by molar-refractivity contribution is 5.66. The van der Waals surface area contributed by atoms with Crippen LogP contribution in [0.3, 0.4) is 0 Å². The van der Waals surface area contributed by atoms with Gasteiger partial charge in [-0.2, -0.15) is 0 Å². The third-order valence-corrected chi connectivity index (χ3v) is 2.73. The van der Waals surface area contributed by atoms with Crippen molar-refractivity contribution < 1.29 is 0 Å². The van der Waals surface area contributed by atoms with E-state index in [2.05, 4.69) is 53.5 Å². The molecular weight excluding hydrogens is 218 g/mol. The monoisotopic (exact) mass is 235 g/mol. The van der Waals surface area contributed by atoms with E-state index in [1.165, 1.54) is 16.7 Å². The Kier molecular flexibility index (Phi) is 4.48. The van der Waals surface area contributed by atoms with Crippen LogP contribution in [-0.2, 0) is 6.42 Å². The lowest BCUT2D eigenvalue weighted by molar-refractivity contribution is 1.34. The molecule has 2 aromatic rings. The van der Waals surface area contributed by atoms with E-state index >= 15 is 0 Å². The lowest BCUT2D eigenvalue weighted by Crippen LogP contribution is -1.85. The highest BCUT2D eigenvalue weighted by Crippen LogP contribution is 2.19. The molecule has 0 saturated carbocycles. The topological polar surface area (TPSA) is 12.4 Å². The second kappa shape index (κ2) is 6.55. The Labute approximate surface area is 109 Å². The van der Waals surface area contributed by atoms with Crippen molar-refractivity contribution in [2.24, 2.45) is 4.99 Å². The van der Waals surface area contributed by atoms with Crippen LogP contribution in [0.2, 0.25) is 0 Å². The lowest BCUT2D eigenvalue weighted by atomic mass is 10.0. The van der Waals surface area contributed by atoms with E-state index < -0.39 is 0 Å². The fraction of sp³-hybridized carbons (Fsp3) is 0.118. The molecule has 0 heterocycles. The number of allylic oxidation sites excluding steroid dienone is 1. The maximum absolute atomic E-state index is 4.16. The van der Waals surface area contributed by atoms with E-state index in [1.807, 2.05) is 25.3 Å². The minimum Gasteiger partial charge on any atom is -0.269 e. The summed E-state index contributed by atoms with van der Waals surface area (Å²) in [7, 11) is 0. The van der Waals surface area contributed by atoms with Gasteiger partial charge in [0.15, 0.2) is 0 Å². The Balaban J connectivity index is 2.06. The number of aliphatic imine (C=N–C) groups is 1. The molecule has 0 N–H and O–H groups in total. The molecule has 18 heavy (non-hydrogen) atoms. The van der Waals surface area contributed by atoms with E-state index in [0.29, 0.717) is 0 Å². The van der Waals surface area contributed by atoms with E-state index in [4.69, 9.17) is 0 Å². The summed E-state index contributed by atoms with van der Waals surface area (Å²) < 4.78 is 0. The summed E-state index contributed by atoms with van der Waals surface area (Å²) in [4.78, 5) is 4.16. The van der Waals surface area contributed by atoms with E-state index in [9.17, 15) is 0 Å². The molecule has 1 heteroatoms. The van der Waals surface area contributed by atoms with Crippen molar-refractivity contribution in [3.63, 3.8) is 0 Å². The quantitative estimate of drug-likeness (QED) is 0.692. The molecule has 0 amide bonds. The smallest absolute Gasteiger partial charge is 0.0221 e. The molecule has 0 atom stereocenters.